The Balaban J connectivity index is 1.53. The van der Waals surface area contributed by atoms with Gasteiger partial charge in [-0.1, -0.05) is 29.8 Å². The Kier molecular flexibility index (Phi) is 7.21. The van der Waals surface area contributed by atoms with Gasteiger partial charge in [-0.3, -0.25) is 4.79 Å². The zero-order valence-corrected chi connectivity index (χ0v) is 18.3. The molecule has 29 heavy (non-hydrogen) atoms. The molecule has 1 saturated heterocycles. The summed E-state index contributed by atoms with van der Waals surface area (Å²) in [4.78, 5) is 14.3. The van der Waals surface area contributed by atoms with E-state index in [0.717, 1.165) is 17.7 Å². The molecule has 1 fully saturated rings. The highest BCUT2D eigenvalue weighted by Gasteiger charge is 2.30. The number of hydrogen-bond acceptors (Lipinski definition) is 4. The average molecular weight is 457 g/mol. The summed E-state index contributed by atoms with van der Waals surface area (Å²) in [5, 5.41) is 0.757. The zero-order valence-electron chi connectivity index (χ0n) is 15.9. The SMILES string of the molecule is CC(SCC(=O)N1CCN(S(=O)(=O)c2ccc(F)cc2)CC1)c1ccccc1Cl. The van der Waals surface area contributed by atoms with Gasteiger partial charge in [0.25, 0.3) is 0 Å². The largest absolute Gasteiger partial charge is 0.339 e. The Morgan fingerprint density at radius 3 is 2.34 bits per heavy atom. The first-order valence-corrected chi connectivity index (χ1v) is 12.1. The molecule has 5 nitrogen and oxygen atoms in total. The fourth-order valence-electron chi connectivity index (χ4n) is 3.12. The summed E-state index contributed by atoms with van der Waals surface area (Å²) in [6.07, 6.45) is 0. The van der Waals surface area contributed by atoms with Crippen molar-refractivity contribution < 1.29 is 17.6 Å². The maximum atomic E-state index is 13.1. The summed E-state index contributed by atoms with van der Waals surface area (Å²) in [6.45, 7) is 3.11. The molecule has 2 aromatic carbocycles. The first-order chi connectivity index (χ1) is 13.8. The summed E-state index contributed by atoms with van der Waals surface area (Å²) in [5.41, 5.74) is 0.988. The summed E-state index contributed by atoms with van der Waals surface area (Å²) in [7, 11) is -3.69. The van der Waals surface area contributed by atoms with Gasteiger partial charge in [-0.25, -0.2) is 12.8 Å². The summed E-state index contributed by atoms with van der Waals surface area (Å²) < 4.78 is 39.7. The predicted octanol–water partition coefficient (Wildman–Crippen LogP) is 3.81. The molecule has 0 spiro atoms. The number of hydrogen-bond donors (Lipinski definition) is 0. The van der Waals surface area contributed by atoms with E-state index in [1.807, 2.05) is 31.2 Å². The third-order valence-corrected chi connectivity index (χ3v) is 8.27. The predicted molar refractivity (Wildman–Crippen MR) is 114 cm³/mol. The topological polar surface area (TPSA) is 57.7 Å². The molecule has 9 heteroatoms. The third kappa shape index (κ3) is 5.31. The first-order valence-electron chi connectivity index (χ1n) is 9.18. The van der Waals surface area contributed by atoms with Crippen molar-refractivity contribution in [1.29, 1.82) is 0 Å². The van der Waals surface area contributed by atoms with Crippen LogP contribution in [-0.4, -0.2) is 55.5 Å². The molecule has 0 radical (unpaired) electrons. The van der Waals surface area contributed by atoms with E-state index < -0.39 is 15.8 Å². The van der Waals surface area contributed by atoms with Gasteiger partial charge in [-0.15, -0.1) is 11.8 Å². The quantitative estimate of drug-likeness (QED) is 0.663. The molecule has 0 saturated carbocycles. The van der Waals surface area contributed by atoms with Gasteiger partial charge in [0.2, 0.25) is 15.9 Å². The van der Waals surface area contributed by atoms with E-state index >= 15 is 0 Å². The van der Waals surface area contributed by atoms with E-state index in [1.54, 1.807) is 4.90 Å². The lowest BCUT2D eigenvalue weighted by molar-refractivity contribution is -0.129. The minimum absolute atomic E-state index is 0.0206. The molecule has 156 valence electrons. The maximum Gasteiger partial charge on any atom is 0.243 e. The van der Waals surface area contributed by atoms with Crippen LogP contribution >= 0.6 is 23.4 Å². The van der Waals surface area contributed by atoms with Crippen molar-refractivity contribution in [2.45, 2.75) is 17.1 Å². The van der Waals surface area contributed by atoms with Crippen LogP contribution in [0, 0.1) is 5.82 Å². The second-order valence-corrected chi connectivity index (χ2v) is 10.4. The van der Waals surface area contributed by atoms with E-state index in [1.165, 1.54) is 28.2 Å². The molecule has 1 heterocycles. The molecule has 0 N–H and O–H groups in total. The van der Waals surface area contributed by atoms with Crippen LogP contribution in [0.4, 0.5) is 4.39 Å². The highest BCUT2D eigenvalue weighted by Crippen LogP contribution is 2.33. The number of amides is 1. The van der Waals surface area contributed by atoms with Crippen molar-refractivity contribution in [3.63, 3.8) is 0 Å². The molecule has 1 aliphatic heterocycles. The number of halogens is 2. The molecule has 1 unspecified atom stereocenters. The monoisotopic (exact) mass is 456 g/mol. The smallest absolute Gasteiger partial charge is 0.243 e. The molecule has 0 aromatic heterocycles. The Bertz CT molecular complexity index is 962. The van der Waals surface area contributed by atoms with E-state index in [9.17, 15) is 17.6 Å². The number of sulfonamides is 1. The molecular formula is C20H22ClFN2O3S2. The van der Waals surface area contributed by atoms with Gasteiger partial charge >= 0.3 is 0 Å². The molecule has 0 aliphatic carbocycles. The van der Waals surface area contributed by atoms with Gasteiger partial charge < -0.3 is 4.90 Å². The Hall–Kier alpha value is -1.61. The highest BCUT2D eigenvalue weighted by molar-refractivity contribution is 8.00. The Morgan fingerprint density at radius 1 is 1.10 bits per heavy atom. The summed E-state index contributed by atoms with van der Waals surface area (Å²) in [5.74, 6) is -0.201. The Morgan fingerprint density at radius 2 is 1.72 bits per heavy atom. The summed E-state index contributed by atoms with van der Waals surface area (Å²) >= 11 is 7.72. The summed E-state index contributed by atoms with van der Waals surface area (Å²) in [6, 6.07) is 12.3. The van der Waals surface area contributed by atoms with Crippen LogP contribution in [0.2, 0.25) is 5.02 Å². The first kappa shape index (κ1) is 22.1. The molecule has 2 aromatic rings. The van der Waals surface area contributed by atoms with Crippen LogP contribution in [0.1, 0.15) is 17.7 Å². The second kappa shape index (κ2) is 9.47. The van der Waals surface area contributed by atoms with Gasteiger partial charge in [0, 0.05) is 36.5 Å². The van der Waals surface area contributed by atoms with E-state index in [2.05, 4.69) is 0 Å². The lowest BCUT2D eigenvalue weighted by Gasteiger charge is -2.34. The number of nitrogens with zero attached hydrogens (tertiary/aromatic N) is 2. The van der Waals surface area contributed by atoms with Gasteiger partial charge in [0.1, 0.15) is 5.82 Å². The van der Waals surface area contributed by atoms with E-state index in [4.69, 9.17) is 11.6 Å². The fourth-order valence-corrected chi connectivity index (χ4v) is 5.86. The van der Waals surface area contributed by atoms with Crippen LogP contribution in [-0.2, 0) is 14.8 Å². The Labute approximate surface area is 179 Å². The maximum absolute atomic E-state index is 13.1. The minimum Gasteiger partial charge on any atom is -0.339 e. The molecular weight excluding hydrogens is 435 g/mol. The molecule has 1 atom stereocenters. The highest BCUT2D eigenvalue weighted by atomic mass is 35.5. The lowest BCUT2D eigenvalue weighted by Crippen LogP contribution is -2.51. The molecule has 1 aliphatic rings. The van der Waals surface area contributed by atoms with Crippen molar-refractivity contribution in [1.82, 2.24) is 9.21 Å². The number of carbonyl (C=O) groups excluding carboxylic acids is 1. The fraction of sp³-hybridized carbons (Fsp3) is 0.350. The van der Waals surface area contributed by atoms with Crippen molar-refractivity contribution >= 4 is 39.3 Å². The third-order valence-electron chi connectivity index (χ3n) is 4.84. The van der Waals surface area contributed by atoms with Crippen LogP contribution in [0.25, 0.3) is 0 Å². The lowest BCUT2D eigenvalue weighted by atomic mass is 10.2. The van der Waals surface area contributed by atoms with Crippen LogP contribution in [0.5, 0.6) is 0 Å². The molecule has 0 bridgehead atoms. The standard InChI is InChI=1S/C20H22ClFN2O3S2/c1-15(18-4-2-3-5-19(18)21)28-14-20(25)23-10-12-24(13-11-23)29(26,27)17-8-6-16(22)7-9-17/h2-9,15H,10-14H2,1H3. The van der Waals surface area contributed by atoms with Crippen LogP contribution < -0.4 is 0 Å². The van der Waals surface area contributed by atoms with Crippen LogP contribution in [0.15, 0.2) is 53.4 Å². The van der Waals surface area contributed by atoms with Gasteiger partial charge in [0.05, 0.1) is 10.6 Å². The number of piperazine rings is 1. The number of rotatable bonds is 6. The van der Waals surface area contributed by atoms with Gasteiger partial charge in [-0.05, 0) is 42.8 Å². The van der Waals surface area contributed by atoms with Crippen molar-refractivity contribution in [2.75, 3.05) is 31.9 Å². The average Bonchev–Trinajstić information content (AvgIpc) is 2.72. The van der Waals surface area contributed by atoms with Crippen molar-refractivity contribution in [3.8, 4) is 0 Å². The number of benzene rings is 2. The second-order valence-electron chi connectivity index (χ2n) is 6.71. The van der Waals surface area contributed by atoms with E-state index in [-0.39, 0.29) is 29.1 Å². The number of thioether (sulfide) groups is 1. The van der Waals surface area contributed by atoms with Crippen molar-refractivity contribution in [3.05, 3.63) is 64.9 Å². The van der Waals surface area contributed by atoms with Gasteiger partial charge in [-0.2, -0.15) is 4.31 Å². The minimum atomic E-state index is -3.69. The van der Waals surface area contributed by atoms with Crippen LogP contribution in [0.3, 0.4) is 0 Å². The molecule has 3 rings (SSSR count). The molecule has 1 amide bonds. The van der Waals surface area contributed by atoms with E-state index in [0.29, 0.717) is 23.9 Å². The van der Waals surface area contributed by atoms with Gasteiger partial charge in [0.15, 0.2) is 0 Å². The number of carbonyl (C=O) groups is 1. The normalized spacial score (nSPS) is 16.6. The zero-order chi connectivity index (χ0) is 21.0. The van der Waals surface area contributed by atoms with Crippen molar-refractivity contribution in [2.24, 2.45) is 0 Å².